The Morgan fingerprint density at radius 1 is 1.42 bits per heavy atom. The van der Waals surface area contributed by atoms with E-state index in [4.69, 9.17) is 23.2 Å². The molecule has 1 N–H and O–H groups in total. The van der Waals surface area contributed by atoms with Crippen molar-refractivity contribution in [3.8, 4) is 0 Å². The third-order valence-corrected chi connectivity index (χ3v) is 6.49. The molecule has 1 amide bonds. The van der Waals surface area contributed by atoms with E-state index in [1.165, 1.54) is 0 Å². The molecule has 1 heterocycles. The van der Waals surface area contributed by atoms with Gasteiger partial charge in [-0.2, -0.15) is 0 Å². The van der Waals surface area contributed by atoms with E-state index in [0.717, 1.165) is 30.7 Å². The summed E-state index contributed by atoms with van der Waals surface area (Å²) in [5, 5.41) is 6.14. The zero-order valence-electron chi connectivity index (χ0n) is 10.7. The Kier molecular flexibility index (Phi) is 3.12. The lowest BCUT2D eigenvalue weighted by Gasteiger charge is -2.30. The van der Waals surface area contributed by atoms with Gasteiger partial charge in [-0.25, -0.2) is 4.98 Å². The lowest BCUT2D eigenvalue weighted by Crippen LogP contribution is -2.47. The number of alkyl halides is 2. The second-order valence-electron chi connectivity index (χ2n) is 5.79. The van der Waals surface area contributed by atoms with E-state index in [1.54, 1.807) is 17.5 Å². The number of carbonyl (C=O) groups is 1. The molecule has 2 fully saturated rings. The Hall–Kier alpha value is -0.320. The normalized spacial score (nSPS) is 31.1. The third kappa shape index (κ3) is 2.08. The Labute approximate surface area is 126 Å². The molecular formula is C13H16Cl2N2OS. The van der Waals surface area contributed by atoms with Gasteiger partial charge in [0, 0.05) is 11.6 Å². The summed E-state index contributed by atoms with van der Waals surface area (Å²) in [4.78, 5) is 16.9. The van der Waals surface area contributed by atoms with Gasteiger partial charge in [0.25, 0.3) is 0 Å². The molecule has 0 saturated heterocycles. The minimum atomic E-state index is -0.917. The molecule has 0 aliphatic heterocycles. The molecule has 1 aromatic heterocycles. The first kappa shape index (κ1) is 13.7. The Morgan fingerprint density at radius 3 is 2.53 bits per heavy atom. The fourth-order valence-corrected chi connectivity index (χ4v) is 4.39. The average molecular weight is 319 g/mol. The minimum Gasteiger partial charge on any atom is -0.344 e. The molecule has 1 aromatic rings. The number of hydrogen-bond acceptors (Lipinski definition) is 3. The van der Waals surface area contributed by atoms with Gasteiger partial charge in [-0.3, -0.25) is 4.79 Å². The first-order chi connectivity index (χ1) is 8.90. The molecule has 6 heteroatoms. The molecule has 0 spiro atoms. The average Bonchev–Trinajstić information content (AvgIpc) is 2.84. The Bertz CT molecular complexity index is 497. The zero-order valence-corrected chi connectivity index (χ0v) is 13.0. The van der Waals surface area contributed by atoms with E-state index in [0.29, 0.717) is 6.42 Å². The van der Waals surface area contributed by atoms with E-state index in [-0.39, 0.29) is 11.4 Å². The van der Waals surface area contributed by atoms with Gasteiger partial charge in [-0.15, -0.1) is 34.5 Å². The number of nitrogens with one attached hydrogen (secondary N) is 1. The monoisotopic (exact) mass is 318 g/mol. The zero-order chi connectivity index (χ0) is 13.7. The highest BCUT2D eigenvalue weighted by atomic mass is 35.5. The van der Waals surface area contributed by atoms with Crippen LogP contribution in [0.4, 0.5) is 0 Å². The van der Waals surface area contributed by atoms with Gasteiger partial charge in [0.05, 0.1) is 11.0 Å². The van der Waals surface area contributed by atoms with Crippen LogP contribution >= 0.6 is 34.5 Å². The first-order valence-electron chi connectivity index (χ1n) is 6.50. The summed E-state index contributed by atoms with van der Waals surface area (Å²) >= 11 is 13.8. The largest absolute Gasteiger partial charge is 0.344 e. The summed E-state index contributed by atoms with van der Waals surface area (Å²) in [7, 11) is 0. The summed E-state index contributed by atoms with van der Waals surface area (Å²) in [6.45, 7) is 1.83. The molecule has 0 aromatic carbocycles. The van der Waals surface area contributed by atoms with Crippen molar-refractivity contribution >= 4 is 40.4 Å². The topological polar surface area (TPSA) is 42.0 Å². The van der Waals surface area contributed by atoms with Crippen molar-refractivity contribution in [2.45, 2.75) is 48.9 Å². The number of aromatic nitrogens is 1. The second kappa shape index (κ2) is 4.34. The van der Waals surface area contributed by atoms with E-state index in [2.05, 4.69) is 10.3 Å². The van der Waals surface area contributed by atoms with Crippen LogP contribution in [0.2, 0.25) is 0 Å². The van der Waals surface area contributed by atoms with Crippen LogP contribution in [0.1, 0.15) is 44.0 Å². The number of amides is 1. The van der Waals surface area contributed by atoms with Gasteiger partial charge in [-0.05, 0) is 26.2 Å². The molecule has 2 saturated carbocycles. The van der Waals surface area contributed by atoms with Gasteiger partial charge in [-0.1, -0.05) is 12.8 Å². The number of nitrogens with zero attached hydrogens (tertiary/aromatic N) is 1. The predicted molar refractivity (Wildman–Crippen MR) is 77.6 cm³/mol. The summed E-state index contributed by atoms with van der Waals surface area (Å²) in [6, 6.07) is 0. The predicted octanol–water partition coefficient (Wildman–Crippen LogP) is 3.61. The fourth-order valence-electron chi connectivity index (χ4n) is 2.83. The summed E-state index contributed by atoms with van der Waals surface area (Å²) in [5.41, 5.74) is -0.969. The molecule has 3 nitrogen and oxygen atoms in total. The van der Waals surface area contributed by atoms with Crippen molar-refractivity contribution in [2.24, 2.45) is 5.41 Å². The van der Waals surface area contributed by atoms with Crippen LogP contribution in [-0.2, 0) is 10.3 Å². The summed E-state index contributed by atoms with van der Waals surface area (Å²) in [5.74, 6) is -0.0467. The third-order valence-electron chi connectivity index (χ3n) is 4.41. The molecule has 0 radical (unpaired) electrons. The molecule has 2 aliphatic carbocycles. The lowest BCUT2D eigenvalue weighted by molar-refractivity contribution is -0.128. The van der Waals surface area contributed by atoms with Crippen molar-refractivity contribution < 1.29 is 4.79 Å². The molecule has 19 heavy (non-hydrogen) atoms. The highest BCUT2D eigenvalue weighted by Crippen LogP contribution is 2.64. The van der Waals surface area contributed by atoms with Crippen LogP contribution in [0.5, 0.6) is 0 Å². The maximum absolute atomic E-state index is 12.5. The van der Waals surface area contributed by atoms with E-state index in [9.17, 15) is 4.79 Å². The molecule has 0 unspecified atom stereocenters. The van der Waals surface area contributed by atoms with Crippen molar-refractivity contribution in [1.29, 1.82) is 0 Å². The molecule has 1 atom stereocenters. The van der Waals surface area contributed by atoms with E-state index in [1.807, 2.05) is 12.3 Å². The number of halogens is 2. The lowest BCUT2D eigenvalue weighted by atomic mass is 9.96. The highest BCUT2D eigenvalue weighted by Gasteiger charge is 2.68. The summed E-state index contributed by atoms with van der Waals surface area (Å²) < 4.78 is -0.917. The maximum atomic E-state index is 12.5. The number of thiazole rings is 1. The molecule has 104 valence electrons. The van der Waals surface area contributed by atoms with Crippen LogP contribution < -0.4 is 5.32 Å². The van der Waals surface area contributed by atoms with Crippen LogP contribution in [-0.4, -0.2) is 15.2 Å². The van der Waals surface area contributed by atoms with Crippen molar-refractivity contribution in [1.82, 2.24) is 10.3 Å². The number of hydrogen-bond donors (Lipinski definition) is 1. The van der Waals surface area contributed by atoms with Crippen molar-refractivity contribution in [3.63, 3.8) is 0 Å². The Balaban J connectivity index is 1.82. The van der Waals surface area contributed by atoms with Crippen molar-refractivity contribution in [2.75, 3.05) is 0 Å². The smallest absolute Gasteiger partial charge is 0.229 e. The summed E-state index contributed by atoms with van der Waals surface area (Å²) in [6.07, 6.45) is 6.42. The van der Waals surface area contributed by atoms with Gasteiger partial charge >= 0.3 is 0 Å². The van der Waals surface area contributed by atoms with Crippen molar-refractivity contribution in [3.05, 3.63) is 16.6 Å². The first-order valence-corrected chi connectivity index (χ1v) is 8.14. The molecule has 3 rings (SSSR count). The fraction of sp³-hybridized carbons (Fsp3) is 0.692. The Morgan fingerprint density at radius 2 is 2.05 bits per heavy atom. The highest BCUT2D eigenvalue weighted by molar-refractivity contribution is 7.09. The van der Waals surface area contributed by atoms with Crippen LogP contribution in [0, 0.1) is 5.41 Å². The molecule has 2 aliphatic rings. The van der Waals surface area contributed by atoms with Gasteiger partial charge in [0.1, 0.15) is 9.34 Å². The standard InChI is InChI=1S/C13H16Cl2N2OS/c1-11(8-13(11,14)15)9(18)17-12(4-2-3-5-12)10-16-6-7-19-10/h6-7H,2-5,8H2,1H3,(H,17,18)/t11-/m1/s1. The van der Waals surface area contributed by atoms with E-state index < -0.39 is 9.75 Å². The number of carbonyl (C=O) groups excluding carboxylic acids is 1. The molecular weight excluding hydrogens is 303 g/mol. The maximum Gasteiger partial charge on any atom is 0.229 e. The van der Waals surface area contributed by atoms with Gasteiger partial charge < -0.3 is 5.32 Å². The van der Waals surface area contributed by atoms with Crippen LogP contribution in [0.3, 0.4) is 0 Å². The van der Waals surface area contributed by atoms with Gasteiger partial charge in [0.15, 0.2) is 0 Å². The van der Waals surface area contributed by atoms with Crippen LogP contribution in [0.15, 0.2) is 11.6 Å². The van der Waals surface area contributed by atoms with Gasteiger partial charge in [0.2, 0.25) is 5.91 Å². The van der Waals surface area contributed by atoms with Crippen LogP contribution in [0.25, 0.3) is 0 Å². The second-order valence-corrected chi connectivity index (χ2v) is 8.17. The number of rotatable bonds is 3. The van der Waals surface area contributed by atoms with E-state index >= 15 is 0 Å². The quantitative estimate of drug-likeness (QED) is 0.865. The SMILES string of the molecule is C[C@]1(C(=O)NC2(c3nccs3)CCCC2)CC1(Cl)Cl. The minimum absolute atomic E-state index is 0.0467. The molecule has 0 bridgehead atoms.